The van der Waals surface area contributed by atoms with Gasteiger partial charge in [0.2, 0.25) is 0 Å². The number of aromatic nitrogens is 1. The third-order valence-corrected chi connectivity index (χ3v) is 2.86. The highest BCUT2D eigenvalue weighted by Crippen LogP contribution is 2.25. The van der Waals surface area contributed by atoms with Crippen molar-refractivity contribution in [2.45, 2.75) is 0 Å². The van der Waals surface area contributed by atoms with Gasteiger partial charge in [-0.1, -0.05) is 28.1 Å². The number of rotatable bonds is 2. The molecule has 2 rings (SSSR count). The number of halogens is 1. The first-order valence-corrected chi connectivity index (χ1v) is 5.80. The van der Waals surface area contributed by atoms with E-state index in [9.17, 15) is 4.79 Å². The Hall–Kier alpha value is -1.68. The molecule has 1 heterocycles. The fraction of sp³-hybridized carbons (Fsp3) is 0.0769. The summed E-state index contributed by atoms with van der Waals surface area (Å²) in [6.07, 6.45) is 3.24. The average Bonchev–Trinajstić information content (AvgIpc) is 2.38. The molecule has 0 atom stereocenters. The standard InChI is InChI=1S/C13H10BrNO2/c1-17-13(16)11-5-6-15-8-12(11)9-3-2-4-10(14)7-9/h2-8H,1H3. The normalized spacial score (nSPS) is 10.0. The summed E-state index contributed by atoms with van der Waals surface area (Å²) < 4.78 is 5.70. The molecule has 1 aromatic carbocycles. The van der Waals surface area contributed by atoms with Gasteiger partial charge >= 0.3 is 5.97 Å². The van der Waals surface area contributed by atoms with E-state index in [0.717, 1.165) is 15.6 Å². The maximum atomic E-state index is 11.6. The van der Waals surface area contributed by atoms with Gasteiger partial charge < -0.3 is 4.74 Å². The largest absolute Gasteiger partial charge is 0.465 e. The number of carbonyl (C=O) groups excluding carboxylic acids is 1. The highest BCUT2D eigenvalue weighted by atomic mass is 79.9. The minimum Gasteiger partial charge on any atom is -0.465 e. The van der Waals surface area contributed by atoms with E-state index in [1.54, 1.807) is 18.5 Å². The number of nitrogens with zero attached hydrogens (tertiary/aromatic N) is 1. The summed E-state index contributed by atoms with van der Waals surface area (Å²) in [5.74, 6) is -0.359. The van der Waals surface area contributed by atoms with Gasteiger partial charge in [0.15, 0.2) is 0 Å². The van der Waals surface area contributed by atoms with Crippen LogP contribution in [0.25, 0.3) is 11.1 Å². The second-order valence-corrected chi connectivity index (χ2v) is 4.34. The van der Waals surface area contributed by atoms with Crippen LogP contribution < -0.4 is 0 Å². The van der Waals surface area contributed by atoms with Crippen molar-refractivity contribution in [3.05, 3.63) is 52.8 Å². The van der Waals surface area contributed by atoms with Gasteiger partial charge in [0.1, 0.15) is 0 Å². The van der Waals surface area contributed by atoms with Crippen LogP contribution in [-0.4, -0.2) is 18.1 Å². The van der Waals surface area contributed by atoms with Crippen LogP contribution in [0.15, 0.2) is 47.2 Å². The van der Waals surface area contributed by atoms with Crippen molar-refractivity contribution in [3.63, 3.8) is 0 Å². The second kappa shape index (κ2) is 5.10. The van der Waals surface area contributed by atoms with Crippen LogP contribution >= 0.6 is 15.9 Å². The Labute approximate surface area is 108 Å². The number of methoxy groups -OCH3 is 1. The van der Waals surface area contributed by atoms with Crippen LogP contribution in [0.5, 0.6) is 0 Å². The van der Waals surface area contributed by atoms with Gasteiger partial charge in [-0.3, -0.25) is 4.98 Å². The molecule has 3 nitrogen and oxygen atoms in total. The summed E-state index contributed by atoms with van der Waals surface area (Å²) in [5, 5.41) is 0. The van der Waals surface area contributed by atoms with E-state index >= 15 is 0 Å². The maximum absolute atomic E-state index is 11.6. The van der Waals surface area contributed by atoms with Gasteiger partial charge in [-0.15, -0.1) is 0 Å². The topological polar surface area (TPSA) is 39.2 Å². The maximum Gasteiger partial charge on any atom is 0.338 e. The summed E-state index contributed by atoms with van der Waals surface area (Å²) in [6, 6.07) is 9.35. The van der Waals surface area contributed by atoms with Gasteiger partial charge in [0, 0.05) is 22.4 Å². The van der Waals surface area contributed by atoms with Gasteiger partial charge in [-0.05, 0) is 23.8 Å². The van der Waals surface area contributed by atoms with E-state index in [4.69, 9.17) is 4.74 Å². The molecule has 0 spiro atoms. The first-order chi connectivity index (χ1) is 8.22. The van der Waals surface area contributed by atoms with E-state index in [0.29, 0.717) is 5.56 Å². The minimum absolute atomic E-state index is 0.359. The Morgan fingerprint density at radius 3 is 2.88 bits per heavy atom. The van der Waals surface area contributed by atoms with Crippen molar-refractivity contribution >= 4 is 21.9 Å². The van der Waals surface area contributed by atoms with E-state index in [1.165, 1.54) is 7.11 Å². The van der Waals surface area contributed by atoms with Gasteiger partial charge in [-0.25, -0.2) is 4.79 Å². The fourth-order valence-corrected chi connectivity index (χ4v) is 1.97. The van der Waals surface area contributed by atoms with E-state index in [1.807, 2.05) is 24.3 Å². The molecule has 0 saturated heterocycles. The molecule has 17 heavy (non-hydrogen) atoms. The summed E-state index contributed by atoms with van der Waals surface area (Å²) in [6.45, 7) is 0. The number of benzene rings is 1. The lowest BCUT2D eigenvalue weighted by Crippen LogP contribution is -2.03. The molecule has 0 amide bonds. The molecule has 0 N–H and O–H groups in total. The summed E-state index contributed by atoms with van der Waals surface area (Å²) in [5.41, 5.74) is 2.20. The molecule has 0 aliphatic heterocycles. The number of ether oxygens (including phenoxy) is 1. The summed E-state index contributed by atoms with van der Waals surface area (Å²) >= 11 is 3.40. The van der Waals surface area contributed by atoms with Crippen LogP contribution in [0.3, 0.4) is 0 Å². The molecular formula is C13H10BrNO2. The third kappa shape index (κ3) is 2.53. The molecule has 1 aromatic heterocycles. The Bertz CT molecular complexity index is 555. The second-order valence-electron chi connectivity index (χ2n) is 3.42. The molecule has 86 valence electrons. The molecule has 0 aliphatic carbocycles. The van der Waals surface area contributed by atoms with Crippen LogP contribution in [-0.2, 0) is 4.74 Å². The van der Waals surface area contributed by atoms with Crippen molar-refractivity contribution < 1.29 is 9.53 Å². The van der Waals surface area contributed by atoms with E-state index < -0.39 is 0 Å². The molecule has 0 aliphatic rings. The van der Waals surface area contributed by atoms with Crippen molar-refractivity contribution in [3.8, 4) is 11.1 Å². The van der Waals surface area contributed by atoms with Gasteiger partial charge in [0.05, 0.1) is 12.7 Å². The van der Waals surface area contributed by atoms with Gasteiger partial charge in [0.25, 0.3) is 0 Å². The lowest BCUT2D eigenvalue weighted by molar-refractivity contribution is 0.0601. The van der Waals surface area contributed by atoms with Crippen LogP contribution in [0.1, 0.15) is 10.4 Å². The molecule has 0 radical (unpaired) electrons. The quantitative estimate of drug-likeness (QED) is 0.797. The predicted molar refractivity (Wildman–Crippen MR) is 68.7 cm³/mol. The highest BCUT2D eigenvalue weighted by molar-refractivity contribution is 9.10. The molecule has 0 bridgehead atoms. The van der Waals surface area contributed by atoms with Gasteiger partial charge in [-0.2, -0.15) is 0 Å². The minimum atomic E-state index is -0.359. The van der Waals surface area contributed by atoms with Crippen molar-refractivity contribution in [2.75, 3.05) is 7.11 Å². The van der Waals surface area contributed by atoms with Crippen LogP contribution in [0.2, 0.25) is 0 Å². The zero-order valence-electron chi connectivity index (χ0n) is 9.18. The highest BCUT2D eigenvalue weighted by Gasteiger charge is 2.12. The van der Waals surface area contributed by atoms with E-state index in [2.05, 4.69) is 20.9 Å². The molecule has 0 saturated carbocycles. The number of hydrogen-bond donors (Lipinski definition) is 0. The van der Waals surface area contributed by atoms with Crippen molar-refractivity contribution in [2.24, 2.45) is 0 Å². The zero-order chi connectivity index (χ0) is 12.3. The molecule has 2 aromatic rings. The SMILES string of the molecule is COC(=O)c1ccncc1-c1cccc(Br)c1. The van der Waals surface area contributed by atoms with Crippen LogP contribution in [0.4, 0.5) is 0 Å². The number of hydrogen-bond acceptors (Lipinski definition) is 3. The fourth-order valence-electron chi connectivity index (χ4n) is 1.57. The zero-order valence-corrected chi connectivity index (χ0v) is 10.8. The monoisotopic (exact) mass is 291 g/mol. The molecule has 4 heteroatoms. The van der Waals surface area contributed by atoms with Crippen molar-refractivity contribution in [1.82, 2.24) is 4.98 Å². The third-order valence-electron chi connectivity index (χ3n) is 2.36. The molecular weight excluding hydrogens is 282 g/mol. The Morgan fingerprint density at radius 1 is 1.35 bits per heavy atom. The molecule has 0 fully saturated rings. The lowest BCUT2D eigenvalue weighted by Gasteiger charge is -2.07. The Balaban J connectivity index is 2.55. The first kappa shape index (κ1) is 11.8. The number of carbonyl (C=O) groups is 1. The Morgan fingerprint density at radius 2 is 2.18 bits per heavy atom. The molecule has 0 unspecified atom stereocenters. The average molecular weight is 292 g/mol. The number of esters is 1. The lowest BCUT2D eigenvalue weighted by atomic mass is 10.0. The van der Waals surface area contributed by atoms with Crippen molar-refractivity contribution in [1.29, 1.82) is 0 Å². The summed E-state index contributed by atoms with van der Waals surface area (Å²) in [7, 11) is 1.37. The predicted octanol–water partition coefficient (Wildman–Crippen LogP) is 3.30. The first-order valence-electron chi connectivity index (χ1n) is 5.00. The summed E-state index contributed by atoms with van der Waals surface area (Å²) in [4.78, 5) is 15.7. The smallest absolute Gasteiger partial charge is 0.338 e. The Kier molecular flexibility index (Phi) is 3.54. The number of pyridine rings is 1. The van der Waals surface area contributed by atoms with Crippen LogP contribution in [0, 0.1) is 0 Å². The van der Waals surface area contributed by atoms with E-state index in [-0.39, 0.29) is 5.97 Å².